The van der Waals surface area contributed by atoms with Crippen molar-refractivity contribution in [1.29, 1.82) is 5.26 Å². The molecule has 0 aromatic heterocycles. The summed E-state index contributed by atoms with van der Waals surface area (Å²) in [7, 11) is -3.75. The van der Waals surface area contributed by atoms with E-state index in [1.807, 2.05) is 6.07 Å². The van der Waals surface area contributed by atoms with Crippen molar-refractivity contribution in [2.24, 2.45) is 0 Å². The molecule has 0 aliphatic carbocycles. The number of para-hydroxylation sites is 1. The molecule has 2 aromatic carbocycles. The van der Waals surface area contributed by atoms with Gasteiger partial charge in [-0.05, 0) is 23.8 Å². The van der Waals surface area contributed by atoms with Crippen molar-refractivity contribution in [3.05, 3.63) is 59.7 Å². The largest absolute Gasteiger partial charge is 0.398 e. The maximum atomic E-state index is 12.2. The van der Waals surface area contributed by atoms with Crippen LogP contribution in [0, 0.1) is 11.3 Å². The molecule has 20 heavy (non-hydrogen) atoms. The van der Waals surface area contributed by atoms with E-state index in [0.29, 0.717) is 11.3 Å². The fourth-order valence-corrected chi connectivity index (χ4v) is 2.90. The summed E-state index contributed by atoms with van der Waals surface area (Å²) in [5.41, 5.74) is 7.07. The van der Waals surface area contributed by atoms with Crippen molar-refractivity contribution >= 4 is 15.7 Å². The molecule has 0 saturated heterocycles. The normalized spacial score (nSPS) is 10.9. The second-order valence-corrected chi connectivity index (χ2v) is 5.87. The maximum absolute atomic E-state index is 12.2. The summed E-state index contributed by atoms with van der Waals surface area (Å²) in [6.45, 7) is 0.0781. The average molecular weight is 287 g/mol. The third-order valence-corrected chi connectivity index (χ3v) is 4.26. The van der Waals surface area contributed by atoms with Crippen LogP contribution in [-0.2, 0) is 16.6 Å². The van der Waals surface area contributed by atoms with Crippen molar-refractivity contribution in [3.63, 3.8) is 0 Å². The van der Waals surface area contributed by atoms with Crippen LogP contribution in [0.3, 0.4) is 0 Å². The molecule has 2 aromatic rings. The summed E-state index contributed by atoms with van der Waals surface area (Å²) in [5, 5.41) is 8.95. The lowest BCUT2D eigenvalue weighted by molar-refractivity contribution is 0.581. The number of hydrogen-bond acceptors (Lipinski definition) is 4. The average Bonchev–Trinajstić information content (AvgIpc) is 2.46. The van der Waals surface area contributed by atoms with Gasteiger partial charge >= 0.3 is 0 Å². The second-order valence-electron chi connectivity index (χ2n) is 4.13. The lowest BCUT2D eigenvalue weighted by atomic mass is 10.2. The summed E-state index contributed by atoms with van der Waals surface area (Å²) >= 11 is 0. The van der Waals surface area contributed by atoms with Crippen LogP contribution in [-0.4, -0.2) is 8.42 Å². The van der Waals surface area contributed by atoms with Gasteiger partial charge < -0.3 is 5.73 Å². The Bertz CT molecular complexity index is 764. The lowest BCUT2D eigenvalue weighted by Crippen LogP contribution is -2.24. The van der Waals surface area contributed by atoms with Crippen LogP contribution in [0.2, 0.25) is 0 Å². The number of nitrogens with zero attached hydrogens (tertiary/aromatic N) is 1. The first-order valence-corrected chi connectivity index (χ1v) is 7.35. The van der Waals surface area contributed by atoms with Gasteiger partial charge in [-0.3, -0.25) is 0 Å². The number of nitrogen functional groups attached to an aromatic ring is 1. The number of rotatable bonds is 4. The van der Waals surface area contributed by atoms with Gasteiger partial charge in [0.2, 0.25) is 10.0 Å². The van der Waals surface area contributed by atoms with E-state index >= 15 is 0 Å². The number of nitriles is 1. The van der Waals surface area contributed by atoms with Crippen LogP contribution < -0.4 is 10.5 Å². The zero-order valence-corrected chi connectivity index (χ0v) is 11.4. The van der Waals surface area contributed by atoms with Crippen LogP contribution in [0.5, 0.6) is 0 Å². The monoisotopic (exact) mass is 287 g/mol. The van der Waals surface area contributed by atoms with Crippen molar-refractivity contribution in [2.75, 3.05) is 5.73 Å². The van der Waals surface area contributed by atoms with Gasteiger partial charge in [-0.15, -0.1) is 0 Å². The zero-order valence-electron chi connectivity index (χ0n) is 10.6. The number of anilines is 1. The fourth-order valence-electron chi connectivity index (χ4n) is 1.74. The molecule has 0 heterocycles. The van der Waals surface area contributed by atoms with E-state index in [4.69, 9.17) is 11.0 Å². The molecule has 0 bridgehead atoms. The Morgan fingerprint density at radius 2 is 1.75 bits per heavy atom. The summed E-state index contributed by atoms with van der Waals surface area (Å²) < 4.78 is 26.8. The van der Waals surface area contributed by atoms with Gasteiger partial charge in [0, 0.05) is 12.2 Å². The molecule has 0 amide bonds. The first kappa shape index (κ1) is 14.1. The third kappa shape index (κ3) is 2.96. The third-order valence-electron chi connectivity index (χ3n) is 2.80. The molecule has 0 spiro atoms. The number of benzene rings is 2. The van der Waals surface area contributed by atoms with Crippen LogP contribution in [0.15, 0.2) is 53.4 Å². The Kier molecular flexibility index (Phi) is 4.03. The minimum absolute atomic E-state index is 0.0306. The van der Waals surface area contributed by atoms with E-state index in [1.165, 1.54) is 12.1 Å². The highest BCUT2D eigenvalue weighted by molar-refractivity contribution is 7.89. The molecule has 0 saturated carbocycles. The summed E-state index contributed by atoms with van der Waals surface area (Å²) in [4.78, 5) is -0.0306. The molecular formula is C14H13N3O2S. The summed E-state index contributed by atoms with van der Waals surface area (Å²) in [5.74, 6) is 0. The minimum atomic E-state index is -3.75. The van der Waals surface area contributed by atoms with Crippen molar-refractivity contribution in [2.45, 2.75) is 11.4 Å². The standard InChI is InChI=1S/C14H13N3O2S/c15-9-11-5-2-4-8-14(11)20(18,19)17-10-12-6-1-3-7-13(12)16/h1-8,17H,10,16H2. The molecule has 0 unspecified atom stereocenters. The minimum Gasteiger partial charge on any atom is -0.398 e. The lowest BCUT2D eigenvalue weighted by Gasteiger charge is -2.09. The van der Waals surface area contributed by atoms with E-state index < -0.39 is 10.0 Å². The van der Waals surface area contributed by atoms with Gasteiger partial charge in [-0.2, -0.15) is 5.26 Å². The molecule has 0 aliphatic heterocycles. The Morgan fingerprint density at radius 1 is 1.10 bits per heavy atom. The molecule has 3 N–H and O–H groups in total. The molecule has 5 nitrogen and oxygen atoms in total. The Labute approximate surface area is 117 Å². The number of sulfonamides is 1. The topological polar surface area (TPSA) is 96.0 Å². The Balaban J connectivity index is 2.25. The van der Waals surface area contributed by atoms with Crippen LogP contribution in [0.1, 0.15) is 11.1 Å². The van der Waals surface area contributed by atoms with E-state index in [0.717, 1.165) is 0 Å². The van der Waals surface area contributed by atoms with Crippen LogP contribution >= 0.6 is 0 Å². The quantitative estimate of drug-likeness (QED) is 0.835. The second kappa shape index (κ2) is 5.74. The highest BCUT2D eigenvalue weighted by Gasteiger charge is 2.17. The highest BCUT2D eigenvalue weighted by Crippen LogP contribution is 2.16. The van der Waals surface area contributed by atoms with Crippen molar-refractivity contribution < 1.29 is 8.42 Å². The molecule has 102 valence electrons. The van der Waals surface area contributed by atoms with E-state index in [2.05, 4.69) is 4.72 Å². The highest BCUT2D eigenvalue weighted by atomic mass is 32.2. The first-order chi connectivity index (χ1) is 9.54. The number of hydrogen-bond donors (Lipinski definition) is 2. The van der Waals surface area contributed by atoms with Gasteiger partial charge in [0.25, 0.3) is 0 Å². The first-order valence-electron chi connectivity index (χ1n) is 5.87. The Morgan fingerprint density at radius 3 is 2.45 bits per heavy atom. The predicted molar refractivity (Wildman–Crippen MR) is 76.0 cm³/mol. The zero-order chi connectivity index (χ0) is 14.6. The number of nitrogens with two attached hydrogens (primary N) is 1. The van der Waals surface area contributed by atoms with Gasteiger partial charge in [0.15, 0.2) is 0 Å². The summed E-state index contributed by atoms with van der Waals surface area (Å²) in [6.07, 6.45) is 0. The molecular weight excluding hydrogens is 274 g/mol. The van der Waals surface area contributed by atoms with Gasteiger partial charge in [-0.1, -0.05) is 30.3 Å². The summed E-state index contributed by atoms with van der Waals surface area (Å²) in [6, 6.07) is 14.9. The molecule has 0 atom stereocenters. The van der Waals surface area contributed by atoms with Gasteiger partial charge in [-0.25, -0.2) is 13.1 Å². The molecule has 0 radical (unpaired) electrons. The molecule has 0 aliphatic rings. The number of nitrogens with one attached hydrogen (secondary N) is 1. The SMILES string of the molecule is N#Cc1ccccc1S(=O)(=O)NCc1ccccc1N. The Hall–Kier alpha value is -2.36. The van der Waals surface area contributed by atoms with E-state index in [-0.39, 0.29) is 17.0 Å². The van der Waals surface area contributed by atoms with E-state index in [9.17, 15) is 8.42 Å². The molecule has 6 heteroatoms. The van der Waals surface area contributed by atoms with Crippen molar-refractivity contribution in [3.8, 4) is 6.07 Å². The van der Waals surface area contributed by atoms with Gasteiger partial charge in [0.1, 0.15) is 6.07 Å². The molecule has 2 rings (SSSR count). The predicted octanol–water partition coefficient (Wildman–Crippen LogP) is 1.62. The van der Waals surface area contributed by atoms with Gasteiger partial charge in [0.05, 0.1) is 10.5 Å². The van der Waals surface area contributed by atoms with Crippen molar-refractivity contribution in [1.82, 2.24) is 4.72 Å². The molecule has 0 fully saturated rings. The van der Waals surface area contributed by atoms with E-state index in [1.54, 1.807) is 36.4 Å². The van der Waals surface area contributed by atoms with Crippen LogP contribution in [0.4, 0.5) is 5.69 Å². The smallest absolute Gasteiger partial charge is 0.242 e. The fraction of sp³-hybridized carbons (Fsp3) is 0.0714. The maximum Gasteiger partial charge on any atom is 0.242 e. The van der Waals surface area contributed by atoms with Crippen LogP contribution in [0.25, 0.3) is 0 Å².